The molecule has 0 saturated carbocycles. The van der Waals surface area contributed by atoms with Crippen molar-refractivity contribution in [2.24, 2.45) is 0 Å². The fourth-order valence-electron chi connectivity index (χ4n) is 3.75. The quantitative estimate of drug-likeness (QED) is 0.418. The zero-order chi connectivity index (χ0) is 22.5. The Kier molecular flexibility index (Phi) is 6.54. The van der Waals surface area contributed by atoms with Gasteiger partial charge in [0.1, 0.15) is 23.9 Å². The van der Waals surface area contributed by atoms with Crippen molar-refractivity contribution < 1.29 is 14.1 Å². The molecule has 32 heavy (non-hydrogen) atoms. The van der Waals surface area contributed by atoms with Gasteiger partial charge in [0.05, 0.1) is 22.3 Å². The number of ether oxygens (including phenoxy) is 1. The first-order valence-corrected chi connectivity index (χ1v) is 10.9. The molecule has 7 nitrogen and oxygen atoms in total. The van der Waals surface area contributed by atoms with E-state index in [1.807, 2.05) is 32.0 Å². The average Bonchev–Trinajstić information content (AvgIpc) is 3.32. The second-order valence-electron chi connectivity index (χ2n) is 7.79. The lowest BCUT2D eigenvalue weighted by atomic mass is 10.2. The molecule has 2 heterocycles. The van der Waals surface area contributed by atoms with E-state index in [-0.39, 0.29) is 5.91 Å². The largest absolute Gasteiger partial charge is 0.489 e. The number of benzene rings is 2. The van der Waals surface area contributed by atoms with Crippen molar-refractivity contribution in [1.29, 1.82) is 0 Å². The number of fused-ring (bicyclic) bond motifs is 1. The molecule has 0 saturated heterocycles. The van der Waals surface area contributed by atoms with Crippen LogP contribution in [0.1, 0.15) is 46.5 Å². The Morgan fingerprint density at radius 1 is 1.12 bits per heavy atom. The van der Waals surface area contributed by atoms with Crippen LogP contribution in [0.25, 0.3) is 11.0 Å². The molecule has 7 heteroatoms. The number of amides is 1. The summed E-state index contributed by atoms with van der Waals surface area (Å²) >= 11 is 0. The highest BCUT2D eigenvalue weighted by Crippen LogP contribution is 2.19. The van der Waals surface area contributed by atoms with Crippen molar-refractivity contribution in [3.8, 4) is 5.75 Å². The van der Waals surface area contributed by atoms with Gasteiger partial charge in [-0.15, -0.1) is 0 Å². The summed E-state index contributed by atoms with van der Waals surface area (Å²) in [5, 5.41) is 6.93. The SMILES string of the molecule is CCCn1c(CCNC(=O)c2ccc(OCc3c(C)noc3C)cc2)nc2ccccc21. The average molecular weight is 433 g/mol. The standard InChI is InChI=1S/C25H28N4O3/c1-4-15-29-23-8-6-5-7-22(23)27-24(29)13-14-26-25(30)19-9-11-20(12-10-19)31-16-21-17(2)28-32-18(21)3/h5-12H,4,13-16H2,1-3H3,(H,26,30). The number of imidazole rings is 1. The molecule has 4 aromatic rings. The maximum Gasteiger partial charge on any atom is 0.251 e. The minimum Gasteiger partial charge on any atom is -0.489 e. The van der Waals surface area contributed by atoms with Gasteiger partial charge in [-0.1, -0.05) is 24.2 Å². The number of aryl methyl sites for hydroxylation is 3. The number of rotatable bonds is 9. The normalized spacial score (nSPS) is 11.1. The van der Waals surface area contributed by atoms with Crippen LogP contribution >= 0.6 is 0 Å². The van der Waals surface area contributed by atoms with Crippen LogP contribution in [-0.4, -0.2) is 27.2 Å². The first-order chi connectivity index (χ1) is 15.6. The summed E-state index contributed by atoms with van der Waals surface area (Å²) < 4.78 is 13.2. The smallest absolute Gasteiger partial charge is 0.251 e. The first kappa shape index (κ1) is 21.6. The van der Waals surface area contributed by atoms with E-state index in [1.165, 1.54) is 0 Å². The molecule has 0 unspecified atom stereocenters. The molecule has 4 rings (SSSR count). The molecule has 2 aromatic carbocycles. The second kappa shape index (κ2) is 9.68. The summed E-state index contributed by atoms with van der Waals surface area (Å²) in [6.07, 6.45) is 1.71. The molecule has 0 fully saturated rings. The van der Waals surface area contributed by atoms with Gasteiger partial charge < -0.3 is 19.1 Å². The van der Waals surface area contributed by atoms with Gasteiger partial charge >= 0.3 is 0 Å². The van der Waals surface area contributed by atoms with E-state index < -0.39 is 0 Å². The van der Waals surface area contributed by atoms with E-state index in [0.29, 0.717) is 30.9 Å². The highest BCUT2D eigenvalue weighted by molar-refractivity contribution is 5.94. The summed E-state index contributed by atoms with van der Waals surface area (Å²) in [7, 11) is 0. The van der Waals surface area contributed by atoms with Gasteiger partial charge in [-0.3, -0.25) is 4.79 Å². The molecule has 0 aliphatic heterocycles. The third-order valence-corrected chi connectivity index (χ3v) is 5.50. The number of para-hydroxylation sites is 2. The molecule has 2 aromatic heterocycles. The predicted octanol–water partition coefficient (Wildman–Crippen LogP) is 4.60. The van der Waals surface area contributed by atoms with Crippen LogP contribution in [0.5, 0.6) is 5.75 Å². The van der Waals surface area contributed by atoms with Gasteiger partial charge in [0.25, 0.3) is 5.91 Å². The van der Waals surface area contributed by atoms with E-state index in [2.05, 4.69) is 28.0 Å². The fourth-order valence-corrected chi connectivity index (χ4v) is 3.75. The maximum absolute atomic E-state index is 12.6. The molecule has 0 aliphatic rings. The molecule has 0 bridgehead atoms. The van der Waals surface area contributed by atoms with Crippen LogP contribution in [-0.2, 0) is 19.6 Å². The van der Waals surface area contributed by atoms with Crippen molar-refractivity contribution >= 4 is 16.9 Å². The Hall–Kier alpha value is -3.61. The van der Waals surface area contributed by atoms with E-state index in [1.54, 1.807) is 24.3 Å². The molecule has 0 radical (unpaired) electrons. The van der Waals surface area contributed by atoms with Crippen molar-refractivity contribution in [3.05, 3.63) is 76.9 Å². The van der Waals surface area contributed by atoms with Gasteiger partial charge in [0.15, 0.2) is 0 Å². The lowest BCUT2D eigenvalue weighted by Crippen LogP contribution is -2.26. The molecular weight excluding hydrogens is 404 g/mol. The monoisotopic (exact) mass is 432 g/mol. The Bertz CT molecular complexity index is 1190. The van der Waals surface area contributed by atoms with Gasteiger partial charge in [0.2, 0.25) is 0 Å². The molecule has 1 N–H and O–H groups in total. The predicted molar refractivity (Wildman–Crippen MR) is 123 cm³/mol. The minimum absolute atomic E-state index is 0.111. The topological polar surface area (TPSA) is 82.2 Å². The van der Waals surface area contributed by atoms with Gasteiger partial charge in [0, 0.05) is 25.1 Å². The van der Waals surface area contributed by atoms with Gasteiger partial charge in [-0.25, -0.2) is 4.98 Å². The van der Waals surface area contributed by atoms with Gasteiger partial charge in [-0.05, 0) is 56.7 Å². The Morgan fingerprint density at radius 2 is 1.91 bits per heavy atom. The Labute approximate surface area is 187 Å². The van der Waals surface area contributed by atoms with Crippen molar-refractivity contribution in [2.75, 3.05) is 6.54 Å². The molecule has 0 spiro atoms. The third-order valence-electron chi connectivity index (χ3n) is 5.50. The third kappa shape index (κ3) is 4.66. The van der Waals surface area contributed by atoms with Crippen molar-refractivity contribution in [1.82, 2.24) is 20.0 Å². The van der Waals surface area contributed by atoms with Crippen LogP contribution < -0.4 is 10.1 Å². The first-order valence-electron chi connectivity index (χ1n) is 10.9. The highest BCUT2D eigenvalue weighted by Gasteiger charge is 2.12. The number of carbonyl (C=O) groups is 1. The van der Waals surface area contributed by atoms with E-state index in [0.717, 1.165) is 46.8 Å². The number of nitrogens with zero attached hydrogens (tertiary/aromatic N) is 3. The Balaban J connectivity index is 1.33. The van der Waals surface area contributed by atoms with Crippen LogP contribution in [0.4, 0.5) is 0 Å². The Morgan fingerprint density at radius 3 is 2.62 bits per heavy atom. The van der Waals surface area contributed by atoms with Crippen LogP contribution in [0.2, 0.25) is 0 Å². The van der Waals surface area contributed by atoms with E-state index in [4.69, 9.17) is 14.2 Å². The molecule has 0 atom stereocenters. The van der Waals surface area contributed by atoms with Crippen molar-refractivity contribution in [3.63, 3.8) is 0 Å². The van der Waals surface area contributed by atoms with E-state index in [9.17, 15) is 4.79 Å². The number of hydrogen-bond acceptors (Lipinski definition) is 5. The summed E-state index contributed by atoms with van der Waals surface area (Å²) in [5.74, 6) is 2.33. The van der Waals surface area contributed by atoms with Crippen LogP contribution in [0, 0.1) is 13.8 Å². The lowest BCUT2D eigenvalue weighted by Gasteiger charge is -2.09. The number of carbonyl (C=O) groups excluding carboxylic acids is 1. The lowest BCUT2D eigenvalue weighted by molar-refractivity contribution is 0.0954. The minimum atomic E-state index is -0.111. The second-order valence-corrected chi connectivity index (χ2v) is 7.79. The van der Waals surface area contributed by atoms with Crippen LogP contribution in [0.3, 0.4) is 0 Å². The number of hydrogen-bond donors (Lipinski definition) is 1. The summed E-state index contributed by atoms with van der Waals surface area (Å²) in [6, 6.07) is 15.3. The summed E-state index contributed by atoms with van der Waals surface area (Å²) in [4.78, 5) is 17.3. The zero-order valence-electron chi connectivity index (χ0n) is 18.7. The van der Waals surface area contributed by atoms with Crippen molar-refractivity contribution in [2.45, 2.75) is 46.8 Å². The summed E-state index contributed by atoms with van der Waals surface area (Å²) in [5.41, 5.74) is 4.50. The van der Waals surface area contributed by atoms with Crippen LogP contribution in [0.15, 0.2) is 53.1 Å². The van der Waals surface area contributed by atoms with Gasteiger partial charge in [-0.2, -0.15) is 0 Å². The molecule has 166 valence electrons. The number of aromatic nitrogens is 3. The number of nitrogens with one attached hydrogen (secondary N) is 1. The molecule has 1 amide bonds. The maximum atomic E-state index is 12.6. The fraction of sp³-hybridized carbons (Fsp3) is 0.320. The van der Waals surface area contributed by atoms with E-state index >= 15 is 0 Å². The summed E-state index contributed by atoms with van der Waals surface area (Å²) in [6.45, 7) is 7.73. The molecular formula is C25H28N4O3. The zero-order valence-corrected chi connectivity index (χ0v) is 18.7. The highest BCUT2D eigenvalue weighted by atomic mass is 16.5. The molecule has 0 aliphatic carbocycles.